The number of rotatable bonds is 5. The standard InChI is InChI=1S/C19H15N3O2S2/c1-24-13-9-12-5-4-8-20-18(12)15(10-13)21-17(23)11-25-19-22-14-6-2-3-7-16(14)26-19/h2-10H,11H2,1H3,(H,21,23). The number of para-hydroxylation sites is 1. The Bertz CT molecular complexity index is 1060. The summed E-state index contributed by atoms with van der Waals surface area (Å²) in [4.78, 5) is 21.3. The Labute approximate surface area is 158 Å². The van der Waals surface area contributed by atoms with Crippen LogP contribution in [0.15, 0.2) is 59.1 Å². The molecule has 4 aromatic rings. The highest BCUT2D eigenvalue weighted by Crippen LogP contribution is 2.30. The summed E-state index contributed by atoms with van der Waals surface area (Å²) in [5, 5.41) is 3.86. The predicted molar refractivity (Wildman–Crippen MR) is 107 cm³/mol. The number of anilines is 1. The summed E-state index contributed by atoms with van der Waals surface area (Å²) >= 11 is 3.03. The summed E-state index contributed by atoms with van der Waals surface area (Å²) in [6, 6.07) is 15.4. The molecule has 0 aliphatic rings. The minimum absolute atomic E-state index is 0.102. The van der Waals surface area contributed by atoms with E-state index in [1.165, 1.54) is 11.8 Å². The number of carbonyl (C=O) groups excluding carboxylic acids is 1. The number of carbonyl (C=O) groups is 1. The van der Waals surface area contributed by atoms with Gasteiger partial charge in [0.15, 0.2) is 4.34 Å². The van der Waals surface area contributed by atoms with Gasteiger partial charge in [0.2, 0.25) is 5.91 Å². The van der Waals surface area contributed by atoms with Crippen LogP contribution in [0.1, 0.15) is 0 Å². The molecule has 0 fully saturated rings. The number of nitrogens with one attached hydrogen (secondary N) is 1. The molecular formula is C19H15N3O2S2. The van der Waals surface area contributed by atoms with Gasteiger partial charge in [-0.25, -0.2) is 4.98 Å². The molecule has 2 heterocycles. The van der Waals surface area contributed by atoms with Crippen molar-refractivity contribution in [3.8, 4) is 5.75 Å². The van der Waals surface area contributed by atoms with Crippen molar-refractivity contribution < 1.29 is 9.53 Å². The quantitative estimate of drug-likeness (QED) is 0.513. The molecule has 4 rings (SSSR count). The summed E-state index contributed by atoms with van der Waals surface area (Å²) in [6.45, 7) is 0. The Morgan fingerprint density at radius 3 is 2.96 bits per heavy atom. The number of ether oxygens (including phenoxy) is 1. The van der Waals surface area contributed by atoms with Gasteiger partial charge < -0.3 is 10.1 Å². The van der Waals surface area contributed by atoms with Gasteiger partial charge in [-0.1, -0.05) is 30.0 Å². The van der Waals surface area contributed by atoms with Crippen LogP contribution in [0.2, 0.25) is 0 Å². The van der Waals surface area contributed by atoms with Crippen LogP contribution in [0.25, 0.3) is 21.1 Å². The molecule has 0 saturated carbocycles. The molecule has 0 radical (unpaired) electrons. The summed E-state index contributed by atoms with van der Waals surface area (Å²) in [5.74, 6) is 0.861. The molecule has 5 nitrogen and oxygen atoms in total. The summed E-state index contributed by atoms with van der Waals surface area (Å²) < 4.78 is 7.32. The fraction of sp³-hybridized carbons (Fsp3) is 0.105. The monoisotopic (exact) mass is 381 g/mol. The third-order valence-electron chi connectivity index (χ3n) is 3.79. The molecule has 26 heavy (non-hydrogen) atoms. The van der Waals surface area contributed by atoms with Crippen molar-refractivity contribution in [3.05, 3.63) is 54.7 Å². The third-order valence-corrected chi connectivity index (χ3v) is 5.97. The molecule has 2 aromatic heterocycles. The summed E-state index contributed by atoms with van der Waals surface area (Å²) in [6.07, 6.45) is 1.71. The lowest BCUT2D eigenvalue weighted by atomic mass is 10.2. The molecule has 0 aliphatic carbocycles. The van der Waals surface area contributed by atoms with Gasteiger partial charge in [-0.3, -0.25) is 9.78 Å². The number of thioether (sulfide) groups is 1. The number of methoxy groups -OCH3 is 1. The number of hydrogen-bond donors (Lipinski definition) is 1. The average molecular weight is 381 g/mol. The van der Waals surface area contributed by atoms with Crippen LogP contribution >= 0.6 is 23.1 Å². The van der Waals surface area contributed by atoms with E-state index in [0.717, 1.165) is 25.5 Å². The van der Waals surface area contributed by atoms with Crippen LogP contribution in [-0.2, 0) is 4.79 Å². The van der Waals surface area contributed by atoms with Crippen LogP contribution in [0.3, 0.4) is 0 Å². The van der Waals surface area contributed by atoms with Gasteiger partial charge in [-0.15, -0.1) is 11.3 Å². The van der Waals surface area contributed by atoms with Gasteiger partial charge in [0.05, 0.1) is 34.3 Å². The van der Waals surface area contributed by atoms with Gasteiger partial charge in [0.25, 0.3) is 0 Å². The van der Waals surface area contributed by atoms with Crippen LogP contribution in [-0.4, -0.2) is 28.7 Å². The maximum Gasteiger partial charge on any atom is 0.234 e. The summed E-state index contributed by atoms with van der Waals surface area (Å²) in [5.41, 5.74) is 2.35. The van der Waals surface area contributed by atoms with Crippen molar-refractivity contribution in [1.82, 2.24) is 9.97 Å². The molecule has 0 aliphatic heterocycles. The molecule has 1 N–H and O–H groups in total. The number of pyridine rings is 1. The van der Waals surface area contributed by atoms with Gasteiger partial charge in [0, 0.05) is 17.6 Å². The lowest BCUT2D eigenvalue weighted by molar-refractivity contribution is -0.113. The Hall–Kier alpha value is -2.64. The largest absolute Gasteiger partial charge is 0.497 e. The van der Waals surface area contributed by atoms with Gasteiger partial charge >= 0.3 is 0 Å². The van der Waals surface area contributed by atoms with E-state index in [2.05, 4.69) is 15.3 Å². The smallest absolute Gasteiger partial charge is 0.234 e. The minimum Gasteiger partial charge on any atom is -0.497 e. The number of aromatic nitrogens is 2. The van der Waals surface area contributed by atoms with Gasteiger partial charge in [0.1, 0.15) is 5.75 Å². The number of amides is 1. The van der Waals surface area contributed by atoms with Crippen molar-refractivity contribution in [3.63, 3.8) is 0 Å². The van der Waals surface area contributed by atoms with E-state index < -0.39 is 0 Å². The number of nitrogens with zero attached hydrogens (tertiary/aromatic N) is 2. The van der Waals surface area contributed by atoms with Crippen LogP contribution in [0.5, 0.6) is 5.75 Å². The second-order valence-corrected chi connectivity index (χ2v) is 7.79. The zero-order valence-corrected chi connectivity index (χ0v) is 15.6. The van der Waals surface area contributed by atoms with Crippen LogP contribution in [0.4, 0.5) is 5.69 Å². The highest BCUT2D eigenvalue weighted by atomic mass is 32.2. The second kappa shape index (κ2) is 7.31. The van der Waals surface area contributed by atoms with Crippen molar-refractivity contribution in [2.24, 2.45) is 0 Å². The third kappa shape index (κ3) is 3.49. The topological polar surface area (TPSA) is 64.1 Å². The van der Waals surface area contributed by atoms with E-state index in [0.29, 0.717) is 11.4 Å². The van der Waals surface area contributed by atoms with E-state index >= 15 is 0 Å². The molecular weight excluding hydrogens is 366 g/mol. The molecule has 0 unspecified atom stereocenters. The molecule has 2 aromatic carbocycles. The Balaban J connectivity index is 1.50. The van der Waals surface area contributed by atoms with Gasteiger partial charge in [-0.05, 0) is 24.3 Å². The van der Waals surface area contributed by atoms with Crippen molar-refractivity contribution in [1.29, 1.82) is 0 Å². The van der Waals surface area contributed by atoms with E-state index in [9.17, 15) is 4.79 Å². The van der Waals surface area contributed by atoms with Crippen molar-refractivity contribution in [2.75, 3.05) is 18.2 Å². The van der Waals surface area contributed by atoms with E-state index in [1.54, 1.807) is 30.7 Å². The molecule has 0 bridgehead atoms. The number of thiazole rings is 1. The molecule has 0 atom stereocenters. The Morgan fingerprint density at radius 1 is 1.23 bits per heavy atom. The number of hydrogen-bond acceptors (Lipinski definition) is 6. The second-order valence-electron chi connectivity index (χ2n) is 5.53. The fourth-order valence-electron chi connectivity index (χ4n) is 2.60. The molecule has 1 amide bonds. The lowest BCUT2D eigenvalue weighted by Crippen LogP contribution is -2.14. The van der Waals surface area contributed by atoms with Crippen molar-refractivity contribution >= 4 is 55.8 Å². The lowest BCUT2D eigenvalue weighted by Gasteiger charge is -2.10. The minimum atomic E-state index is -0.102. The molecule has 7 heteroatoms. The SMILES string of the molecule is COc1cc(NC(=O)CSc2nc3ccccc3s2)c2ncccc2c1. The maximum absolute atomic E-state index is 12.4. The number of benzene rings is 2. The highest BCUT2D eigenvalue weighted by molar-refractivity contribution is 8.01. The molecule has 0 spiro atoms. The van der Waals surface area contributed by atoms with E-state index in [1.807, 2.05) is 42.5 Å². The molecule has 0 saturated heterocycles. The normalized spacial score (nSPS) is 11.0. The first-order valence-electron chi connectivity index (χ1n) is 7.94. The predicted octanol–water partition coefficient (Wildman–Crippen LogP) is 4.58. The zero-order chi connectivity index (χ0) is 17.9. The van der Waals surface area contributed by atoms with Crippen LogP contribution < -0.4 is 10.1 Å². The van der Waals surface area contributed by atoms with E-state index in [-0.39, 0.29) is 11.7 Å². The summed E-state index contributed by atoms with van der Waals surface area (Å²) in [7, 11) is 1.60. The van der Waals surface area contributed by atoms with Crippen molar-refractivity contribution in [2.45, 2.75) is 4.34 Å². The fourth-order valence-corrected chi connectivity index (χ4v) is 4.47. The number of fused-ring (bicyclic) bond motifs is 2. The molecule has 130 valence electrons. The maximum atomic E-state index is 12.4. The van der Waals surface area contributed by atoms with E-state index in [4.69, 9.17) is 4.74 Å². The average Bonchev–Trinajstić information content (AvgIpc) is 3.09. The zero-order valence-electron chi connectivity index (χ0n) is 13.9. The Morgan fingerprint density at radius 2 is 2.12 bits per heavy atom. The first-order valence-corrected chi connectivity index (χ1v) is 9.74. The Kier molecular flexibility index (Phi) is 4.73. The first-order chi connectivity index (χ1) is 12.7. The van der Waals surface area contributed by atoms with Gasteiger partial charge in [-0.2, -0.15) is 0 Å². The first kappa shape index (κ1) is 16.8. The highest BCUT2D eigenvalue weighted by Gasteiger charge is 2.11. The van der Waals surface area contributed by atoms with Crippen LogP contribution in [0, 0.1) is 0 Å².